The number of aromatic nitrogens is 1. The first-order valence-corrected chi connectivity index (χ1v) is 8.62. The average Bonchev–Trinajstić information content (AvgIpc) is 2.99. The van der Waals surface area contributed by atoms with Crippen LogP contribution in [-0.4, -0.2) is 22.3 Å². The fourth-order valence-corrected chi connectivity index (χ4v) is 3.32. The summed E-state index contributed by atoms with van der Waals surface area (Å²) in [6, 6.07) is 10.1. The Labute approximate surface area is 147 Å². The molecule has 1 aromatic heterocycles. The maximum Gasteiger partial charge on any atom is 0.273 e. The highest BCUT2D eigenvalue weighted by molar-refractivity contribution is 7.09. The van der Waals surface area contributed by atoms with Crippen molar-refractivity contribution in [3.63, 3.8) is 0 Å². The fraction of sp³-hybridized carbons (Fsp3) is 0.412. The smallest absolute Gasteiger partial charge is 0.273 e. The van der Waals surface area contributed by atoms with Crippen molar-refractivity contribution in [1.29, 1.82) is 0 Å². The molecule has 1 saturated carbocycles. The van der Waals surface area contributed by atoms with Crippen LogP contribution in [0, 0.1) is 5.92 Å². The number of nitrogens with zero attached hydrogens (tertiary/aromatic N) is 2. The van der Waals surface area contributed by atoms with Gasteiger partial charge in [-0.15, -0.1) is 23.7 Å². The van der Waals surface area contributed by atoms with Gasteiger partial charge >= 0.3 is 0 Å². The normalized spacial score (nSPS) is 14.0. The largest absolute Gasteiger partial charge is 0.333 e. The SMILES string of the molecule is Cl.NCc1nc(C(=O)N(Cc2ccccc2)CC2CCC2)cs1. The minimum Gasteiger partial charge on any atom is -0.333 e. The van der Waals surface area contributed by atoms with Crippen LogP contribution in [0.25, 0.3) is 0 Å². The lowest BCUT2D eigenvalue weighted by atomic mass is 9.85. The van der Waals surface area contributed by atoms with E-state index in [1.807, 2.05) is 28.5 Å². The van der Waals surface area contributed by atoms with Crippen molar-refractivity contribution in [2.24, 2.45) is 11.7 Å². The van der Waals surface area contributed by atoms with Crippen molar-refractivity contribution in [3.8, 4) is 0 Å². The van der Waals surface area contributed by atoms with E-state index < -0.39 is 0 Å². The molecule has 0 aliphatic heterocycles. The molecule has 1 aromatic carbocycles. The summed E-state index contributed by atoms with van der Waals surface area (Å²) >= 11 is 1.46. The van der Waals surface area contributed by atoms with Crippen LogP contribution < -0.4 is 5.73 Å². The first kappa shape index (κ1) is 17.9. The van der Waals surface area contributed by atoms with Gasteiger partial charge in [0.15, 0.2) is 0 Å². The van der Waals surface area contributed by atoms with Crippen molar-refractivity contribution in [2.75, 3.05) is 6.54 Å². The number of amides is 1. The Morgan fingerprint density at radius 3 is 2.61 bits per heavy atom. The number of halogens is 1. The lowest BCUT2D eigenvalue weighted by molar-refractivity contribution is 0.0674. The third kappa shape index (κ3) is 4.53. The zero-order chi connectivity index (χ0) is 15.4. The minimum atomic E-state index is 0. The van der Waals surface area contributed by atoms with Gasteiger partial charge in [-0.2, -0.15) is 0 Å². The lowest BCUT2D eigenvalue weighted by Gasteiger charge is -2.32. The summed E-state index contributed by atoms with van der Waals surface area (Å²) in [7, 11) is 0. The maximum atomic E-state index is 12.8. The Hall–Kier alpha value is -1.43. The molecule has 23 heavy (non-hydrogen) atoms. The molecular weight excluding hydrogens is 330 g/mol. The van der Waals surface area contributed by atoms with Gasteiger partial charge in [-0.25, -0.2) is 4.98 Å². The topological polar surface area (TPSA) is 59.2 Å². The van der Waals surface area contributed by atoms with Crippen LogP contribution in [0.15, 0.2) is 35.7 Å². The Morgan fingerprint density at radius 2 is 2.04 bits per heavy atom. The Balaban J connectivity index is 0.00000192. The van der Waals surface area contributed by atoms with Crippen molar-refractivity contribution in [2.45, 2.75) is 32.4 Å². The summed E-state index contributed by atoms with van der Waals surface area (Å²) in [6.07, 6.45) is 3.74. The summed E-state index contributed by atoms with van der Waals surface area (Å²) in [5.41, 5.74) is 7.28. The van der Waals surface area contributed by atoms with E-state index in [4.69, 9.17) is 5.73 Å². The molecule has 6 heteroatoms. The summed E-state index contributed by atoms with van der Waals surface area (Å²) in [5, 5.41) is 2.63. The van der Waals surface area contributed by atoms with Crippen molar-refractivity contribution in [1.82, 2.24) is 9.88 Å². The van der Waals surface area contributed by atoms with Gasteiger partial charge in [0, 0.05) is 25.0 Å². The van der Waals surface area contributed by atoms with Crippen molar-refractivity contribution in [3.05, 3.63) is 52.0 Å². The first-order chi connectivity index (χ1) is 10.8. The maximum absolute atomic E-state index is 12.8. The summed E-state index contributed by atoms with van der Waals surface area (Å²) in [5.74, 6) is 0.659. The molecule has 0 spiro atoms. The molecule has 2 N–H and O–H groups in total. The van der Waals surface area contributed by atoms with E-state index in [-0.39, 0.29) is 18.3 Å². The van der Waals surface area contributed by atoms with E-state index in [9.17, 15) is 4.79 Å². The first-order valence-electron chi connectivity index (χ1n) is 7.74. The highest BCUT2D eigenvalue weighted by Crippen LogP contribution is 2.28. The van der Waals surface area contributed by atoms with Gasteiger partial charge in [-0.1, -0.05) is 36.8 Å². The van der Waals surface area contributed by atoms with Crippen molar-refractivity contribution < 1.29 is 4.79 Å². The van der Waals surface area contributed by atoms with Crippen LogP contribution in [-0.2, 0) is 13.1 Å². The number of rotatable bonds is 6. The molecule has 2 aromatic rings. The van der Waals surface area contributed by atoms with Crippen LogP contribution in [0.4, 0.5) is 0 Å². The Bertz CT molecular complexity index is 628. The lowest BCUT2D eigenvalue weighted by Crippen LogP contribution is -2.37. The molecule has 1 heterocycles. The zero-order valence-electron chi connectivity index (χ0n) is 13.0. The quantitative estimate of drug-likeness (QED) is 0.866. The minimum absolute atomic E-state index is 0. The third-order valence-electron chi connectivity index (χ3n) is 4.15. The summed E-state index contributed by atoms with van der Waals surface area (Å²) < 4.78 is 0. The number of nitrogens with two attached hydrogens (primary N) is 1. The Morgan fingerprint density at radius 1 is 1.30 bits per heavy atom. The molecule has 0 bridgehead atoms. The number of hydrogen-bond donors (Lipinski definition) is 1. The van der Waals surface area contributed by atoms with Gasteiger partial charge < -0.3 is 10.6 Å². The van der Waals surface area contributed by atoms with Gasteiger partial charge in [0.05, 0.1) is 0 Å². The van der Waals surface area contributed by atoms with Gasteiger partial charge in [-0.3, -0.25) is 4.79 Å². The second kappa shape index (κ2) is 8.43. The molecule has 0 saturated heterocycles. The second-order valence-electron chi connectivity index (χ2n) is 5.80. The standard InChI is InChI=1S/C17H21N3OS.ClH/c18-9-16-19-15(12-22-16)17(21)20(11-14-7-4-8-14)10-13-5-2-1-3-6-13;/h1-3,5-6,12,14H,4,7-11,18H2;1H. The fourth-order valence-electron chi connectivity index (χ4n) is 2.67. The average molecular weight is 352 g/mol. The third-order valence-corrected chi connectivity index (χ3v) is 5.02. The van der Waals surface area contributed by atoms with Gasteiger partial charge in [0.1, 0.15) is 10.7 Å². The molecular formula is C17H22ClN3OS. The molecule has 124 valence electrons. The number of hydrogen-bond acceptors (Lipinski definition) is 4. The second-order valence-corrected chi connectivity index (χ2v) is 6.74. The van der Waals surface area contributed by atoms with Crippen molar-refractivity contribution >= 4 is 29.7 Å². The summed E-state index contributed by atoms with van der Waals surface area (Å²) in [4.78, 5) is 19.1. The Kier molecular flexibility index (Phi) is 6.57. The predicted molar refractivity (Wildman–Crippen MR) is 95.8 cm³/mol. The van der Waals surface area contributed by atoms with Gasteiger partial charge in [0.2, 0.25) is 0 Å². The van der Waals surface area contributed by atoms with Gasteiger partial charge in [-0.05, 0) is 24.3 Å². The van der Waals surface area contributed by atoms with Crippen LogP contribution in [0.1, 0.15) is 40.3 Å². The molecule has 0 unspecified atom stereocenters. The molecule has 0 atom stereocenters. The van der Waals surface area contributed by atoms with E-state index in [1.165, 1.54) is 30.6 Å². The molecule has 1 fully saturated rings. The van der Waals surface area contributed by atoms with E-state index in [0.29, 0.717) is 24.7 Å². The summed E-state index contributed by atoms with van der Waals surface area (Å²) in [6.45, 7) is 1.86. The van der Waals surface area contributed by atoms with E-state index in [2.05, 4.69) is 17.1 Å². The number of carbonyl (C=O) groups is 1. The van der Waals surface area contributed by atoms with Crippen LogP contribution in [0.2, 0.25) is 0 Å². The molecule has 1 aliphatic rings. The van der Waals surface area contributed by atoms with Crippen LogP contribution >= 0.6 is 23.7 Å². The molecule has 1 aliphatic carbocycles. The van der Waals surface area contributed by atoms with E-state index >= 15 is 0 Å². The number of thiazole rings is 1. The van der Waals surface area contributed by atoms with E-state index in [0.717, 1.165) is 17.1 Å². The van der Waals surface area contributed by atoms with Gasteiger partial charge in [0.25, 0.3) is 5.91 Å². The molecule has 1 amide bonds. The predicted octanol–water partition coefficient (Wildman–Crippen LogP) is 3.47. The number of carbonyl (C=O) groups excluding carboxylic acids is 1. The molecule has 4 nitrogen and oxygen atoms in total. The van der Waals surface area contributed by atoms with Crippen LogP contribution in [0.5, 0.6) is 0 Å². The molecule has 0 radical (unpaired) electrons. The number of benzene rings is 1. The highest BCUT2D eigenvalue weighted by atomic mass is 35.5. The molecule has 3 rings (SSSR count). The zero-order valence-corrected chi connectivity index (χ0v) is 14.6. The highest BCUT2D eigenvalue weighted by Gasteiger charge is 2.25. The monoisotopic (exact) mass is 351 g/mol. The van der Waals surface area contributed by atoms with Crippen LogP contribution in [0.3, 0.4) is 0 Å². The van der Waals surface area contributed by atoms with E-state index in [1.54, 1.807) is 0 Å².